The Morgan fingerprint density at radius 1 is 0.939 bits per heavy atom. The summed E-state index contributed by atoms with van der Waals surface area (Å²) in [5.74, 6) is -0.374. The summed E-state index contributed by atoms with van der Waals surface area (Å²) in [7, 11) is 0. The van der Waals surface area contributed by atoms with E-state index in [1.807, 2.05) is 24.3 Å². The highest BCUT2D eigenvalue weighted by Crippen LogP contribution is 2.44. The minimum absolute atomic E-state index is 0.0209. The molecule has 1 fully saturated rings. The summed E-state index contributed by atoms with van der Waals surface area (Å²) in [5.41, 5.74) is 4.45. The maximum Gasteiger partial charge on any atom is 0.407 e. The van der Waals surface area contributed by atoms with Crippen molar-refractivity contribution >= 4 is 6.09 Å². The molecular formula is C28H28FNO3. The largest absolute Gasteiger partial charge is 0.449 e. The summed E-state index contributed by atoms with van der Waals surface area (Å²) in [6.07, 6.45) is 2.71. The molecule has 33 heavy (non-hydrogen) atoms. The van der Waals surface area contributed by atoms with E-state index in [-0.39, 0.29) is 18.3 Å². The summed E-state index contributed by atoms with van der Waals surface area (Å²) >= 11 is 0. The number of carbonyl (C=O) groups is 1. The molecule has 4 nitrogen and oxygen atoms in total. The van der Waals surface area contributed by atoms with Crippen molar-refractivity contribution in [1.82, 2.24) is 5.32 Å². The zero-order valence-corrected chi connectivity index (χ0v) is 18.5. The molecule has 3 aromatic carbocycles. The van der Waals surface area contributed by atoms with E-state index in [0.29, 0.717) is 18.4 Å². The number of benzene rings is 3. The highest BCUT2D eigenvalue weighted by molar-refractivity contribution is 5.79. The van der Waals surface area contributed by atoms with Gasteiger partial charge in [0, 0.05) is 5.92 Å². The van der Waals surface area contributed by atoms with Crippen molar-refractivity contribution in [3.8, 4) is 11.1 Å². The van der Waals surface area contributed by atoms with E-state index in [2.05, 4.69) is 29.6 Å². The van der Waals surface area contributed by atoms with Gasteiger partial charge < -0.3 is 15.2 Å². The predicted octanol–water partition coefficient (Wildman–Crippen LogP) is 6.10. The average molecular weight is 446 g/mol. The van der Waals surface area contributed by atoms with Crippen LogP contribution in [-0.2, 0) is 4.74 Å². The number of nitrogens with one attached hydrogen (secondary N) is 1. The molecule has 0 aliphatic heterocycles. The monoisotopic (exact) mass is 445 g/mol. The molecule has 0 spiro atoms. The lowest BCUT2D eigenvalue weighted by Gasteiger charge is -2.41. The SMILES string of the molecule is O=C(NC1(C(O)c2ccc(F)cc2)CCCCC1)OCC1c2ccccc2-c2ccccc21. The molecule has 5 heteroatoms. The fourth-order valence-electron chi connectivity index (χ4n) is 5.45. The second-order valence-corrected chi connectivity index (χ2v) is 9.12. The Hall–Kier alpha value is -3.18. The lowest BCUT2D eigenvalue weighted by Crippen LogP contribution is -2.54. The number of aliphatic hydroxyl groups excluding tert-OH is 1. The van der Waals surface area contributed by atoms with E-state index in [9.17, 15) is 14.3 Å². The number of amides is 1. The van der Waals surface area contributed by atoms with E-state index in [1.165, 1.54) is 23.3 Å². The molecule has 1 atom stereocenters. The molecule has 0 heterocycles. The molecule has 2 N–H and O–H groups in total. The van der Waals surface area contributed by atoms with Crippen LogP contribution in [0, 0.1) is 5.82 Å². The van der Waals surface area contributed by atoms with Gasteiger partial charge in [0.25, 0.3) is 0 Å². The van der Waals surface area contributed by atoms with E-state index < -0.39 is 17.7 Å². The lowest BCUT2D eigenvalue weighted by molar-refractivity contribution is 0.0274. The van der Waals surface area contributed by atoms with Gasteiger partial charge in [-0.1, -0.05) is 79.9 Å². The standard InChI is InChI=1S/C28H28FNO3/c29-20-14-12-19(13-15-20)26(31)28(16-6-1-7-17-28)30-27(32)33-18-25-23-10-4-2-8-21(23)22-9-3-5-11-24(22)25/h2-5,8-15,25-26,31H,1,6-7,16-18H2,(H,30,32). The van der Waals surface area contributed by atoms with Gasteiger partial charge in [-0.15, -0.1) is 0 Å². The van der Waals surface area contributed by atoms with Crippen LogP contribution in [0.15, 0.2) is 72.8 Å². The van der Waals surface area contributed by atoms with Crippen LogP contribution in [0.4, 0.5) is 9.18 Å². The van der Waals surface area contributed by atoms with Crippen molar-refractivity contribution < 1.29 is 19.0 Å². The number of halogens is 1. The topological polar surface area (TPSA) is 58.6 Å². The van der Waals surface area contributed by atoms with Crippen molar-refractivity contribution in [3.05, 3.63) is 95.3 Å². The molecule has 0 aromatic heterocycles. The van der Waals surface area contributed by atoms with Crippen LogP contribution in [0.5, 0.6) is 0 Å². The second-order valence-electron chi connectivity index (χ2n) is 9.12. The van der Waals surface area contributed by atoms with Crippen molar-refractivity contribution in [1.29, 1.82) is 0 Å². The molecule has 5 rings (SSSR count). The van der Waals surface area contributed by atoms with Crippen LogP contribution >= 0.6 is 0 Å². The highest BCUT2D eigenvalue weighted by atomic mass is 19.1. The van der Waals surface area contributed by atoms with E-state index in [4.69, 9.17) is 4.74 Å². The van der Waals surface area contributed by atoms with Crippen LogP contribution in [0.1, 0.15) is 60.8 Å². The smallest absolute Gasteiger partial charge is 0.407 e. The molecule has 170 valence electrons. The maximum absolute atomic E-state index is 13.4. The molecule has 1 amide bonds. The van der Waals surface area contributed by atoms with Crippen LogP contribution < -0.4 is 5.32 Å². The first-order valence-electron chi connectivity index (χ1n) is 11.6. The van der Waals surface area contributed by atoms with Gasteiger partial charge in [0.2, 0.25) is 0 Å². The minimum atomic E-state index is -0.932. The van der Waals surface area contributed by atoms with Crippen molar-refractivity contribution in [2.75, 3.05) is 6.61 Å². The zero-order valence-electron chi connectivity index (χ0n) is 18.5. The molecule has 0 saturated heterocycles. The van der Waals surface area contributed by atoms with Gasteiger partial charge in [0.05, 0.1) is 5.54 Å². The summed E-state index contributed by atoms with van der Waals surface area (Å²) in [5, 5.41) is 14.2. The predicted molar refractivity (Wildman–Crippen MR) is 125 cm³/mol. The van der Waals surface area contributed by atoms with Crippen molar-refractivity contribution in [2.24, 2.45) is 0 Å². The Labute approximate surface area is 193 Å². The third-order valence-corrected chi connectivity index (χ3v) is 7.15. The molecule has 0 radical (unpaired) electrons. The van der Waals surface area contributed by atoms with Crippen LogP contribution in [-0.4, -0.2) is 23.3 Å². The Kier molecular flexibility index (Phi) is 5.90. The van der Waals surface area contributed by atoms with E-state index in [0.717, 1.165) is 30.4 Å². The summed E-state index contributed by atoms with van der Waals surface area (Å²) in [6.45, 7) is 0.225. The average Bonchev–Trinajstić information content (AvgIpc) is 3.17. The minimum Gasteiger partial charge on any atom is -0.449 e. The van der Waals surface area contributed by atoms with Gasteiger partial charge >= 0.3 is 6.09 Å². The van der Waals surface area contributed by atoms with Crippen LogP contribution in [0.2, 0.25) is 0 Å². The van der Waals surface area contributed by atoms with Gasteiger partial charge in [0.15, 0.2) is 0 Å². The van der Waals surface area contributed by atoms with Gasteiger partial charge in [-0.25, -0.2) is 9.18 Å². The molecule has 0 bridgehead atoms. The molecule has 2 aliphatic carbocycles. The number of hydrogen-bond donors (Lipinski definition) is 2. The van der Waals surface area contributed by atoms with Gasteiger partial charge in [-0.2, -0.15) is 0 Å². The molecule has 1 saturated carbocycles. The normalized spacial score (nSPS) is 17.6. The number of fused-ring (bicyclic) bond motifs is 3. The van der Waals surface area contributed by atoms with Gasteiger partial charge in [0.1, 0.15) is 18.5 Å². The lowest BCUT2D eigenvalue weighted by atomic mass is 9.75. The summed E-state index contributed by atoms with van der Waals surface area (Å²) < 4.78 is 19.1. The fourth-order valence-corrected chi connectivity index (χ4v) is 5.45. The third kappa shape index (κ3) is 4.13. The second kappa shape index (κ2) is 8.99. The number of hydrogen-bond acceptors (Lipinski definition) is 3. The number of carbonyl (C=O) groups excluding carboxylic acids is 1. The van der Waals surface area contributed by atoms with Crippen molar-refractivity contribution in [3.63, 3.8) is 0 Å². The Morgan fingerprint density at radius 2 is 1.52 bits per heavy atom. The molecule has 3 aromatic rings. The van der Waals surface area contributed by atoms with Gasteiger partial charge in [-0.05, 0) is 52.8 Å². The van der Waals surface area contributed by atoms with Crippen LogP contribution in [0.25, 0.3) is 11.1 Å². The first kappa shape index (κ1) is 21.7. The van der Waals surface area contributed by atoms with E-state index in [1.54, 1.807) is 12.1 Å². The molecule has 1 unspecified atom stereocenters. The Bertz CT molecular complexity index is 1090. The first-order chi connectivity index (χ1) is 16.1. The number of aliphatic hydroxyl groups is 1. The molecule has 2 aliphatic rings. The summed E-state index contributed by atoms with van der Waals surface area (Å²) in [4.78, 5) is 13.0. The van der Waals surface area contributed by atoms with Crippen molar-refractivity contribution in [2.45, 2.75) is 49.7 Å². The molecular weight excluding hydrogens is 417 g/mol. The summed E-state index contributed by atoms with van der Waals surface area (Å²) in [6, 6.07) is 22.3. The Morgan fingerprint density at radius 3 is 2.12 bits per heavy atom. The number of ether oxygens (including phenoxy) is 1. The first-order valence-corrected chi connectivity index (χ1v) is 11.6. The highest BCUT2D eigenvalue weighted by Gasteiger charge is 2.42. The Balaban J connectivity index is 1.33. The quantitative estimate of drug-likeness (QED) is 0.499. The maximum atomic E-state index is 13.4. The van der Waals surface area contributed by atoms with E-state index >= 15 is 0 Å². The number of rotatable bonds is 5. The fraction of sp³-hybridized carbons (Fsp3) is 0.321. The third-order valence-electron chi connectivity index (χ3n) is 7.15. The van der Waals surface area contributed by atoms with Gasteiger partial charge in [-0.3, -0.25) is 0 Å². The van der Waals surface area contributed by atoms with Crippen LogP contribution in [0.3, 0.4) is 0 Å². The number of alkyl carbamates (subject to hydrolysis) is 1. The zero-order chi connectivity index (χ0) is 22.8.